The number of carbonyl (C=O) groups excluding carboxylic acids is 1. The van der Waals surface area contributed by atoms with Gasteiger partial charge in [0.2, 0.25) is 5.91 Å². The Hall–Kier alpha value is -1.35. The molecular formula is C22H38IN5O. The summed E-state index contributed by atoms with van der Waals surface area (Å²) in [5.74, 6) is 1.56. The normalized spacial score (nSPS) is 16.7. The molecule has 1 heterocycles. The lowest BCUT2D eigenvalue weighted by molar-refractivity contribution is -0.121. The maximum atomic E-state index is 11.6. The molecule has 1 fully saturated rings. The average molecular weight is 515 g/mol. The van der Waals surface area contributed by atoms with E-state index in [4.69, 9.17) is 0 Å². The lowest BCUT2D eigenvalue weighted by Gasteiger charge is -2.36. The van der Waals surface area contributed by atoms with Crippen LogP contribution in [0.15, 0.2) is 35.3 Å². The van der Waals surface area contributed by atoms with Gasteiger partial charge in [0.15, 0.2) is 5.96 Å². The topological polar surface area (TPSA) is 68.8 Å². The fourth-order valence-corrected chi connectivity index (χ4v) is 3.81. The standard InChI is InChI=1S/C22H37N5O.HI/c1-17(19-9-7-6-8-10-19)26-22(2,3)16-25-21(24-5)27-13-11-18(12-14-27)15-20(28)23-4;/h6-10,17-18,26H,11-16H2,1-5H3,(H,23,28)(H,24,25);1H. The second-order valence-electron chi connectivity index (χ2n) is 8.37. The Kier molecular flexibility index (Phi) is 11.0. The first-order valence-corrected chi connectivity index (χ1v) is 10.3. The molecule has 1 aromatic rings. The van der Waals surface area contributed by atoms with Crippen molar-refractivity contribution < 1.29 is 4.79 Å². The van der Waals surface area contributed by atoms with E-state index < -0.39 is 0 Å². The smallest absolute Gasteiger partial charge is 0.220 e. The molecule has 0 spiro atoms. The van der Waals surface area contributed by atoms with Crippen molar-refractivity contribution >= 4 is 35.8 Å². The number of aliphatic imine (C=N–C) groups is 1. The second-order valence-corrected chi connectivity index (χ2v) is 8.37. The van der Waals surface area contributed by atoms with E-state index in [1.807, 2.05) is 13.1 Å². The number of nitrogens with one attached hydrogen (secondary N) is 3. The predicted octanol–water partition coefficient (Wildman–Crippen LogP) is 3.16. The van der Waals surface area contributed by atoms with Crippen molar-refractivity contribution in [1.29, 1.82) is 0 Å². The zero-order valence-electron chi connectivity index (χ0n) is 18.5. The monoisotopic (exact) mass is 515 g/mol. The molecule has 1 atom stereocenters. The number of amides is 1. The fourth-order valence-electron chi connectivity index (χ4n) is 3.81. The Bertz CT molecular complexity index is 642. The Morgan fingerprint density at radius 3 is 2.41 bits per heavy atom. The van der Waals surface area contributed by atoms with Crippen LogP contribution in [0.4, 0.5) is 0 Å². The molecule has 3 N–H and O–H groups in total. The van der Waals surface area contributed by atoms with Crippen LogP contribution in [0.1, 0.15) is 51.6 Å². The number of guanidine groups is 1. The molecule has 1 unspecified atom stereocenters. The highest BCUT2D eigenvalue weighted by molar-refractivity contribution is 14.0. The molecule has 0 aliphatic carbocycles. The van der Waals surface area contributed by atoms with Gasteiger partial charge >= 0.3 is 0 Å². The van der Waals surface area contributed by atoms with Gasteiger partial charge in [0.05, 0.1) is 0 Å². The summed E-state index contributed by atoms with van der Waals surface area (Å²) in [4.78, 5) is 18.4. The van der Waals surface area contributed by atoms with E-state index in [1.54, 1.807) is 7.05 Å². The Labute approximate surface area is 193 Å². The van der Waals surface area contributed by atoms with Gasteiger partial charge < -0.3 is 20.9 Å². The van der Waals surface area contributed by atoms with Crippen LogP contribution in [0.25, 0.3) is 0 Å². The number of hydrogen-bond acceptors (Lipinski definition) is 3. The molecule has 1 aromatic carbocycles. The Morgan fingerprint density at radius 2 is 1.86 bits per heavy atom. The van der Waals surface area contributed by atoms with E-state index >= 15 is 0 Å². The molecule has 1 saturated heterocycles. The summed E-state index contributed by atoms with van der Waals surface area (Å²) in [5.41, 5.74) is 1.21. The van der Waals surface area contributed by atoms with Crippen LogP contribution in [0.5, 0.6) is 0 Å². The van der Waals surface area contributed by atoms with Gasteiger partial charge in [-0.3, -0.25) is 9.79 Å². The molecular weight excluding hydrogens is 477 g/mol. The average Bonchev–Trinajstić information content (AvgIpc) is 2.69. The van der Waals surface area contributed by atoms with Crippen molar-refractivity contribution in [3.05, 3.63) is 35.9 Å². The number of piperidine rings is 1. The van der Waals surface area contributed by atoms with Crippen LogP contribution in [-0.2, 0) is 4.79 Å². The second kappa shape index (κ2) is 12.4. The quantitative estimate of drug-likeness (QED) is 0.297. The van der Waals surface area contributed by atoms with Crippen molar-refractivity contribution in [3.63, 3.8) is 0 Å². The predicted molar refractivity (Wildman–Crippen MR) is 132 cm³/mol. The first kappa shape index (κ1) is 25.7. The number of halogens is 1. The lowest BCUT2D eigenvalue weighted by Crippen LogP contribution is -2.54. The van der Waals surface area contributed by atoms with E-state index in [0.717, 1.165) is 38.4 Å². The van der Waals surface area contributed by atoms with Crippen molar-refractivity contribution in [3.8, 4) is 0 Å². The minimum absolute atomic E-state index is 0. The van der Waals surface area contributed by atoms with Gasteiger partial charge in [-0.05, 0) is 45.1 Å². The highest BCUT2D eigenvalue weighted by Gasteiger charge is 2.25. The van der Waals surface area contributed by atoms with Crippen LogP contribution < -0.4 is 16.0 Å². The number of benzene rings is 1. The van der Waals surface area contributed by atoms with Crippen molar-refractivity contribution in [2.24, 2.45) is 10.9 Å². The molecule has 1 amide bonds. The van der Waals surface area contributed by atoms with Crippen molar-refractivity contribution in [2.45, 2.75) is 51.6 Å². The van der Waals surface area contributed by atoms with E-state index in [-0.39, 0.29) is 41.5 Å². The highest BCUT2D eigenvalue weighted by atomic mass is 127. The van der Waals surface area contributed by atoms with Crippen LogP contribution in [0.2, 0.25) is 0 Å². The maximum Gasteiger partial charge on any atom is 0.220 e. The first-order chi connectivity index (χ1) is 13.3. The van der Waals surface area contributed by atoms with E-state index in [1.165, 1.54) is 5.56 Å². The first-order valence-electron chi connectivity index (χ1n) is 10.3. The van der Waals surface area contributed by atoms with Gasteiger partial charge in [0.1, 0.15) is 0 Å². The number of hydrogen-bond donors (Lipinski definition) is 3. The summed E-state index contributed by atoms with van der Waals surface area (Å²) >= 11 is 0. The van der Waals surface area contributed by atoms with Gasteiger partial charge in [0, 0.05) is 51.7 Å². The number of likely N-dealkylation sites (tertiary alicyclic amines) is 1. The van der Waals surface area contributed by atoms with Gasteiger partial charge in [-0.15, -0.1) is 24.0 Å². The summed E-state index contributed by atoms with van der Waals surface area (Å²) in [6.07, 6.45) is 2.69. The summed E-state index contributed by atoms with van der Waals surface area (Å²) in [6.45, 7) is 9.29. The Morgan fingerprint density at radius 1 is 1.24 bits per heavy atom. The highest BCUT2D eigenvalue weighted by Crippen LogP contribution is 2.21. The molecule has 0 radical (unpaired) electrons. The molecule has 29 heavy (non-hydrogen) atoms. The Balaban J connectivity index is 0.00000420. The van der Waals surface area contributed by atoms with Gasteiger partial charge in [-0.25, -0.2) is 0 Å². The third-order valence-corrected chi connectivity index (χ3v) is 5.47. The van der Waals surface area contributed by atoms with Crippen LogP contribution >= 0.6 is 24.0 Å². The molecule has 6 nitrogen and oxygen atoms in total. The molecule has 0 bridgehead atoms. The molecule has 2 rings (SSSR count). The zero-order valence-corrected chi connectivity index (χ0v) is 20.8. The van der Waals surface area contributed by atoms with Crippen molar-refractivity contribution in [1.82, 2.24) is 20.9 Å². The van der Waals surface area contributed by atoms with E-state index in [0.29, 0.717) is 12.3 Å². The molecule has 164 valence electrons. The molecule has 0 aromatic heterocycles. The van der Waals surface area contributed by atoms with Crippen LogP contribution in [-0.4, -0.2) is 56.0 Å². The molecule has 1 aliphatic heterocycles. The van der Waals surface area contributed by atoms with E-state index in [9.17, 15) is 4.79 Å². The number of nitrogens with zero attached hydrogens (tertiary/aromatic N) is 2. The number of rotatable bonds is 7. The minimum atomic E-state index is -0.0806. The molecule has 1 aliphatic rings. The fraction of sp³-hybridized carbons (Fsp3) is 0.636. The summed E-state index contributed by atoms with van der Waals surface area (Å²) in [5, 5.41) is 9.97. The van der Waals surface area contributed by atoms with Gasteiger partial charge in [-0.1, -0.05) is 30.3 Å². The summed E-state index contributed by atoms with van der Waals surface area (Å²) < 4.78 is 0. The third kappa shape index (κ3) is 8.50. The minimum Gasteiger partial charge on any atom is -0.359 e. The number of carbonyl (C=O) groups is 1. The van der Waals surface area contributed by atoms with Gasteiger partial charge in [0.25, 0.3) is 0 Å². The van der Waals surface area contributed by atoms with Crippen molar-refractivity contribution in [2.75, 3.05) is 33.7 Å². The lowest BCUT2D eigenvalue weighted by atomic mass is 9.93. The maximum absolute atomic E-state index is 11.6. The summed E-state index contributed by atoms with van der Waals surface area (Å²) in [7, 11) is 3.55. The van der Waals surface area contributed by atoms with Crippen LogP contribution in [0, 0.1) is 5.92 Å². The van der Waals surface area contributed by atoms with Gasteiger partial charge in [-0.2, -0.15) is 0 Å². The largest absolute Gasteiger partial charge is 0.359 e. The molecule has 0 saturated carbocycles. The SMILES string of the molecule is CN=C(NCC(C)(C)NC(C)c1ccccc1)N1CCC(CC(=O)NC)CC1.I. The van der Waals surface area contributed by atoms with E-state index in [2.05, 4.69) is 70.9 Å². The summed E-state index contributed by atoms with van der Waals surface area (Å²) in [6, 6.07) is 10.8. The third-order valence-electron chi connectivity index (χ3n) is 5.47. The molecule has 7 heteroatoms. The van der Waals surface area contributed by atoms with Crippen LogP contribution in [0.3, 0.4) is 0 Å². The zero-order chi connectivity index (χ0) is 20.6.